The van der Waals surface area contributed by atoms with E-state index >= 15 is 0 Å². The van der Waals surface area contributed by atoms with Gasteiger partial charge in [-0.2, -0.15) is 0 Å². The summed E-state index contributed by atoms with van der Waals surface area (Å²) in [7, 11) is 0. The van der Waals surface area contributed by atoms with Crippen molar-refractivity contribution in [1.29, 1.82) is 0 Å². The van der Waals surface area contributed by atoms with Gasteiger partial charge in [0.25, 0.3) is 0 Å². The summed E-state index contributed by atoms with van der Waals surface area (Å²) in [6.45, 7) is 7.15. The Morgan fingerprint density at radius 1 is 1.48 bits per heavy atom. The molecule has 6 heteroatoms. The zero-order valence-electron chi connectivity index (χ0n) is 14.7. The van der Waals surface area contributed by atoms with Gasteiger partial charge in [0.15, 0.2) is 0 Å². The van der Waals surface area contributed by atoms with Crippen molar-refractivity contribution in [3.05, 3.63) is 35.5 Å². The van der Waals surface area contributed by atoms with Crippen LogP contribution >= 0.6 is 0 Å². The average Bonchev–Trinajstić information content (AvgIpc) is 2.83. The van der Waals surface area contributed by atoms with Gasteiger partial charge in [0.1, 0.15) is 12.7 Å². The highest BCUT2D eigenvalue weighted by molar-refractivity contribution is 5.91. The quantitative estimate of drug-likeness (QED) is 0.455. The van der Waals surface area contributed by atoms with Crippen LogP contribution in [0.15, 0.2) is 35.5 Å². The predicted molar refractivity (Wildman–Crippen MR) is 91.4 cm³/mol. The molecule has 0 saturated carbocycles. The lowest BCUT2D eigenvalue weighted by Gasteiger charge is -2.23. The highest BCUT2D eigenvalue weighted by Gasteiger charge is 2.39. The molecular formula is C19H26O6. The molecule has 3 unspecified atom stereocenters. The van der Waals surface area contributed by atoms with Crippen LogP contribution in [0.5, 0.6) is 0 Å². The van der Waals surface area contributed by atoms with Crippen molar-refractivity contribution < 1.29 is 29.3 Å². The lowest BCUT2D eigenvalue weighted by molar-refractivity contribution is -0.146. The van der Waals surface area contributed by atoms with Gasteiger partial charge < -0.3 is 19.7 Å². The van der Waals surface area contributed by atoms with E-state index in [1.807, 2.05) is 6.08 Å². The van der Waals surface area contributed by atoms with Gasteiger partial charge in [0.2, 0.25) is 0 Å². The first-order chi connectivity index (χ1) is 11.8. The summed E-state index contributed by atoms with van der Waals surface area (Å²) in [6.07, 6.45) is 3.60. The van der Waals surface area contributed by atoms with Crippen LogP contribution in [0.25, 0.3) is 0 Å². The molecule has 0 aromatic heterocycles. The van der Waals surface area contributed by atoms with E-state index in [4.69, 9.17) is 9.47 Å². The number of carbonyl (C=O) groups excluding carboxylic acids is 2. The summed E-state index contributed by atoms with van der Waals surface area (Å²) in [5.41, 5.74) is 1.68. The van der Waals surface area contributed by atoms with Crippen LogP contribution in [0.2, 0.25) is 0 Å². The second-order valence-corrected chi connectivity index (χ2v) is 6.82. The molecule has 0 spiro atoms. The average molecular weight is 350 g/mol. The molecule has 2 aliphatic rings. The van der Waals surface area contributed by atoms with E-state index in [1.54, 1.807) is 19.9 Å². The van der Waals surface area contributed by atoms with Gasteiger partial charge in [-0.25, -0.2) is 4.79 Å². The van der Waals surface area contributed by atoms with Crippen molar-refractivity contribution in [2.75, 3.05) is 13.2 Å². The van der Waals surface area contributed by atoms with Crippen LogP contribution in [0.3, 0.4) is 0 Å². The van der Waals surface area contributed by atoms with Gasteiger partial charge in [0.05, 0.1) is 18.6 Å². The molecule has 1 saturated heterocycles. The Bertz CT molecular complexity index is 601. The molecule has 6 nitrogen and oxygen atoms in total. The Hall–Kier alpha value is -1.92. The van der Waals surface area contributed by atoms with Crippen LogP contribution in [0.1, 0.15) is 33.1 Å². The Balaban J connectivity index is 2.20. The first-order valence-corrected chi connectivity index (χ1v) is 8.57. The largest absolute Gasteiger partial charge is 0.461 e. The molecule has 0 amide bonds. The molecule has 1 aliphatic heterocycles. The Morgan fingerprint density at radius 3 is 2.84 bits per heavy atom. The molecular weight excluding hydrogens is 324 g/mol. The van der Waals surface area contributed by atoms with E-state index in [1.165, 1.54) is 0 Å². The van der Waals surface area contributed by atoms with Crippen molar-refractivity contribution in [3.8, 4) is 0 Å². The molecule has 138 valence electrons. The molecule has 25 heavy (non-hydrogen) atoms. The van der Waals surface area contributed by atoms with Crippen LogP contribution in [-0.2, 0) is 19.1 Å². The van der Waals surface area contributed by atoms with E-state index in [9.17, 15) is 19.8 Å². The molecule has 1 aliphatic carbocycles. The number of rotatable bonds is 4. The van der Waals surface area contributed by atoms with E-state index in [-0.39, 0.29) is 37.4 Å². The van der Waals surface area contributed by atoms with Crippen LogP contribution in [0, 0.1) is 11.8 Å². The number of fused-ring (bicyclic) bond motifs is 1. The van der Waals surface area contributed by atoms with Crippen LogP contribution in [-0.4, -0.2) is 47.6 Å². The van der Waals surface area contributed by atoms with Crippen molar-refractivity contribution in [2.24, 2.45) is 11.8 Å². The Kier molecular flexibility index (Phi) is 6.56. The summed E-state index contributed by atoms with van der Waals surface area (Å²) < 4.78 is 10.6. The number of esters is 2. The zero-order valence-corrected chi connectivity index (χ0v) is 14.7. The van der Waals surface area contributed by atoms with Gasteiger partial charge in [-0.3, -0.25) is 4.79 Å². The van der Waals surface area contributed by atoms with Crippen molar-refractivity contribution in [2.45, 2.75) is 45.3 Å². The van der Waals surface area contributed by atoms with Crippen molar-refractivity contribution in [1.82, 2.24) is 0 Å². The standard InChI is InChI=1S/C19H26O6/c1-11(2)18(22)24-10-14-6-4-5-13(9-20)7-17-15(8-16(14)21)12(3)19(23)25-17/h6-7,11,15-17,20-21H,3-5,8-10H2,1-2H3. The van der Waals surface area contributed by atoms with Crippen molar-refractivity contribution in [3.63, 3.8) is 0 Å². The minimum Gasteiger partial charge on any atom is -0.461 e. The topological polar surface area (TPSA) is 93.1 Å². The fourth-order valence-electron chi connectivity index (χ4n) is 2.95. The highest BCUT2D eigenvalue weighted by Crippen LogP contribution is 2.34. The number of allylic oxidation sites excluding steroid dienone is 1. The van der Waals surface area contributed by atoms with E-state index < -0.39 is 18.2 Å². The molecule has 2 rings (SSSR count). The predicted octanol–water partition coefficient (Wildman–Crippen LogP) is 1.67. The lowest BCUT2D eigenvalue weighted by Crippen LogP contribution is -2.26. The highest BCUT2D eigenvalue weighted by atomic mass is 16.6. The van der Waals surface area contributed by atoms with E-state index in [0.717, 1.165) is 5.57 Å². The lowest BCUT2D eigenvalue weighted by atomic mass is 9.86. The maximum Gasteiger partial charge on any atom is 0.334 e. The number of hydrogen-bond donors (Lipinski definition) is 2. The smallest absolute Gasteiger partial charge is 0.334 e. The summed E-state index contributed by atoms with van der Waals surface area (Å²) in [5.74, 6) is -1.42. The summed E-state index contributed by atoms with van der Waals surface area (Å²) >= 11 is 0. The number of ether oxygens (including phenoxy) is 2. The Morgan fingerprint density at radius 2 is 2.20 bits per heavy atom. The van der Waals surface area contributed by atoms with Gasteiger partial charge in [0, 0.05) is 11.5 Å². The van der Waals surface area contributed by atoms with Crippen molar-refractivity contribution >= 4 is 11.9 Å². The Labute approximate surface area is 147 Å². The first kappa shape index (κ1) is 19.4. The molecule has 0 aromatic carbocycles. The zero-order chi connectivity index (χ0) is 18.6. The van der Waals surface area contributed by atoms with Gasteiger partial charge in [-0.15, -0.1) is 0 Å². The summed E-state index contributed by atoms with van der Waals surface area (Å²) in [6, 6.07) is 0. The minimum absolute atomic E-state index is 0.00895. The number of aliphatic hydroxyl groups excluding tert-OH is 2. The normalized spacial score (nSPS) is 27.3. The van der Waals surface area contributed by atoms with Gasteiger partial charge in [-0.05, 0) is 36.5 Å². The molecule has 1 heterocycles. The van der Waals surface area contributed by atoms with Crippen LogP contribution in [0.4, 0.5) is 0 Å². The van der Waals surface area contributed by atoms with E-state index in [2.05, 4.69) is 6.58 Å². The third-order valence-electron chi connectivity index (χ3n) is 4.58. The third kappa shape index (κ3) is 4.80. The first-order valence-electron chi connectivity index (χ1n) is 8.57. The fraction of sp³-hybridized carbons (Fsp3) is 0.579. The summed E-state index contributed by atoms with van der Waals surface area (Å²) in [4.78, 5) is 23.5. The summed E-state index contributed by atoms with van der Waals surface area (Å²) in [5, 5.41) is 20.1. The van der Waals surface area contributed by atoms with Crippen LogP contribution < -0.4 is 0 Å². The molecule has 0 bridgehead atoms. The molecule has 0 radical (unpaired) electrons. The second-order valence-electron chi connectivity index (χ2n) is 6.82. The number of carbonyl (C=O) groups is 2. The number of hydrogen-bond acceptors (Lipinski definition) is 6. The molecule has 0 aromatic rings. The maximum atomic E-state index is 11.8. The van der Waals surface area contributed by atoms with E-state index in [0.29, 0.717) is 24.0 Å². The SMILES string of the molecule is C=C1C(=O)OC2C=C(CO)CCC=C(COC(=O)C(C)C)C(O)CC12. The van der Waals surface area contributed by atoms with Gasteiger partial charge in [-0.1, -0.05) is 26.5 Å². The minimum atomic E-state index is -0.859. The fourth-order valence-corrected chi connectivity index (χ4v) is 2.95. The molecule has 1 fully saturated rings. The number of aliphatic hydroxyl groups is 2. The maximum absolute atomic E-state index is 11.8. The molecule has 2 N–H and O–H groups in total. The van der Waals surface area contributed by atoms with Gasteiger partial charge >= 0.3 is 11.9 Å². The third-order valence-corrected chi connectivity index (χ3v) is 4.58. The molecule has 3 atom stereocenters. The second kappa shape index (κ2) is 8.45. The monoisotopic (exact) mass is 350 g/mol.